The number of nitrogens with one attached hydrogen (secondary N) is 1. The highest BCUT2D eigenvalue weighted by Crippen LogP contribution is 2.17. The van der Waals surface area contributed by atoms with Gasteiger partial charge in [0.25, 0.3) is 0 Å². The molecular weight excluding hydrogens is 374 g/mol. The summed E-state index contributed by atoms with van der Waals surface area (Å²) in [5.41, 5.74) is 2.37. The second-order valence-corrected chi connectivity index (χ2v) is 8.49. The zero-order valence-corrected chi connectivity index (χ0v) is 16.8. The molecule has 148 valence electrons. The fourth-order valence-corrected chi connectivity index (χ4v) is 4.58. The van der Waals surface area contributed by atoms with E-state index in [1.807, 2.05) is 19.1 Å². The van der Waals surface area contributed by atoms with E-state index in [-0.39, 0.29) is 18.4 Å². The average Bonchev–Trinajstić information content (AvgIpc) is 3.27. The molecular formula is C21H25N3O3S. The molecule has 1 aliphatic rings. The van der Waals surface area contributed by atoms with Crippen molar-refractivity contribution in [3.8, 4) is 0 Å². The molecule has 0 radical (unpaired) electrons. The van der Waals surface area contributed by atoms with Crippen molar-refractivity contribution < 1.29 is 9.21 Å². The van der Waals surface area contributed by atoms with Gasteiger partial charge in [-0.2, -0.15) is 0 Å². The summed E-state index contributed by atoms with van der Waals surface area (Å²) < 4.78 is 6.82. The van der Waals surface area contributed by atoms with E-state index >= 15 is 0 Å². The number of amides is 1. The number of carbonyl (C=O) groups is 1. The third kappa shape index (κ3) is 4.36. The molecule has 0 bridgehead atoms. The van der Waals surface area contributed by atoms with Crippen LogP contribution < -0.4 is 11.1 Å². The van der Waals surface area contributed by atoms with Crippen molar-refractivity contribution in [3.05, 3.63) is 56.7 Å². The minimum Gasteiger partial charge on any atom is -0.408 e. The number of aromatic nitrogens is 1. The summed E-state index contributed by atoms with van der Waals surface area (Å²) in [7, 11) is 0. The van der Waals surface area contributed by atoms with Gasteiger partial charge >= 0.3 is 5.76 Å². The van der Waals surface area contributed by atoms with Crippen LogP contribution in [0.1, 0.15) is 29.7 Å². The molecule has 0 aliphatic carbocycles. The lowest BCUT2D eigenvalue weighted by Crippen LogP contribution is -2.47. The Labute approximate surface area is 167 Å². The molecule has 1 unspecified atom stereocenters. The van der Waals surface area contributed by atoms with Crippen molar-refractivity contribution in [2.75, 3.05) is 13.1 Å². The maximum atomic E-state index is 12.5. The molecule has 1 fully saturated rings. The summed E-state index contributed by atoms with van der Waals surface area (Å²) in [6.45, 7) is 5.18. The highest BCUT2D eigenvalue weighted by molar-refractivity contribution is 7.09. The number of nitrogens with zero attached hydrogens (tertiary/aromatic N) is 2. The summed E-state index contributed by atoms with van der Waals surface area (Å²) in [4.78, 5) is 28.3. The van der Waals surface area contributed by atoms with Crippen LogP contribution >= 0.6 is 11.3 Å². The first-order valence-corrected chi connectivity index (χ1v) is 10.6. The number of piperidine rings is 1. The van der Waals surface area contributed by atoms with Crippen molar-refractivity contribution in [3.63, 3.8) is 0 Å². The van der Waals surface area contributed by atoms with Gasteiger partial charge < -0.3 is 9.73 Å². The SMILES string of the molecule is Cc1ccc2oc(=O)n(CCC(=O)NC3CCCN(Cc4cccs4)C3)c2c1. The van der Waals surface area contributed by atoms with Crippen LogP contribution in [-0.2, 0) is 17.9 Å². The quantitative estimate of drug-likeness (QED) is 0.692. The molecule has 0 spiro atoms. The molecule has 1 saturated heterocycles. The van der Waals surface area contributed by atoms with E-state index in [0.717, 1.165) is 43.6 Å². The molecule has 4 rings (SSSR count). The minimum atomic E-state index is -0.409. The van der Waals surface area contributed by atoms with Crippen LogP contribution in [0, 0.1) is 6.92 Å². The van der Waals surface area contributed by atoms with Crippen LogP contribution in [0.2, 0.25) is 0 Å². The lowest BCUT2D eigenvalue weighted by atomic mass is 10.1. The second kappa shape index (κ2) is 8.32. The van der Waals surface area contributed by atoms with Crippen molar-refractivity contribution in [1.82, 2.24) is 14.8 Å². The van der Waals surface area contributed by atoms with E-state index < -0.39 is 5.76 Å². The molecule has 7 heteroatoms. The minimum absolute atomic E-state index is 0.0168. The van der Waals surface area contributed by atoms with Gasteiger partial charge in [-0.25, -0.2) is 4.79 Å². The first-order chi connectivity index (χ1) is 13.6. The number of likely N-dealkylation sites (tertiary alicyclic amines) is 1. The summed E-state index contributed by atoms with van der Waals surface area (Å²) >= 11 is 1.77. The van der Waals surface area contributed by atoms with Gasteiger partial charge in [0.1, 0.15) is 0 Å². The maximum Gasteiger partial charge on any atom is 0.419 e. The summed E-state index contributed by atoms with van der Waals surface area (Å²) in [5, 5.41) is 5.25. The van der Waals surface area contributed by atoms with E-state index in [4.69, 9.17) is 4.42 Å². The van der Waals surface area contributed by atoms with E-state index in [1.165, 1.54) is 4.88 Å². The van der Waals surface area contributed by atoms with Crippen LogP contribution in [0.15, 0.2) is 44.9 Å². The van der Waals surface area contributed by atoms with Crippen LogP contribution in [0.3, 0.4) is 0 Å². The zero-order valence-electron chi connectivity index (χ0n) is 16.0. The number of hydrogen-bond donors (Lipinski definition) is 1. The van der Waals surface area contributed by atoms with Crippen molar-refractivity contribution in [2.45, 2.75) is 45.3 Å². The Morgan fingerprint density at radius 2 is 2.25 bits per heavy atom. The third-order valence-electron chi connectivity index (χ3n) is 5.22. The largest absolute Gasteiger partial charge is 0.419 e. The molecule has 3 heterocycles. The predicted octanol–water partition coefficient (Wildman–Crippen LogP) is 3.14. The number of hydrogen-bond acceptors (Lipinski definition) is 5. The van der Waals surface area contributed by atoms with Crippen LogP contribution in [0.4, 0.5) is 0 Å². The van der Waals surface area contributed by atoms with E-state index in [2.05, 4.69) is 27.7 Å². The molecule has 1 aromatic carbocycles. The monoisotopic (exact) mass is 399 g/mol. The molecule has 28 heavy (non-hydrogen) atoms. The molecule has 1 atom stereocenters. The second-order valence-electron chi connectivity index (χ2n) is 7.46. The van der Waals surface area contributed by atoms with Gasteiger partial charge in [-0.3, -0.25) is 14.3 Å². The third-order valence-corrected chi connectivity index (χ3v) is 6.08. The predicted molar refractivity (Wildman–Crippen MR) is 111 cm³/mol. The van der Waals surface area contributed by atoms with Gasteiger partial charge in [0, 0.05) is 37.0 Å². The van der Waals surface area contributed by atoms with Gasteiger partial charge in [-0.15, -0.1) is 11.3 Å². The highest BCUT2D eigenvalue weighted by atomic mass is 32.1. The number of thiophene rings is 1. The van der Waals surface area contributed by atoms with Gasteiger partial charge in [0.05, 0.1) is 5.52 Å². The number of fused-ring (bicyclic) bond motifs is 1. The van der Waals surface area contributed by atoms with E-state index in [0.29, 0.717) is 12.1 Å². The lowest BCUT2D eigenvalue weighted by Gasteiger charge is -2.32. The van der Waals surface area contributed by atoms with Gasteiger partial charge in [-0.05, 0) is 55.5 Å². The molecule has 3 aromatic rings. The molecule has 2 aromatic heterocycles. The first-order valence-electron chi connectivity index (χ1n) is 9.72. The van der Waals surface area contributed by atoms with Crippen molar-refractivity contribution in [1.29, 1.82) is 0 Å². The smallest absolute Gasteiger partial charge is 0.408 e. The number of rotatable bonds is 6. The zero-order chi connectivity index (χ0) is 19.5. The molecule has 6 nitrogen and oxygen atoms in total. The molecule has 1 aliphatic heterocycles. The Balaban J connectivity index is 1.33. The summed E-state index contributed by atoms with van der Waals surface area (Å²) in [5.74, 6) is -0.426. The summed E-state index contributed by atoms with van der Waals surface area (Å²) in [6, 6.07) is 10.0. The van der Waals surface area contributed by atoms with Gasteiger partial charge in [-0.1, -0.05) is 12.1 Å². The maximum absolute atomic E-state index is 12.5. The number of carbonyl (C=O) groups excluding carboxylic acids is 1. The Morgan fingerprint density at radius 1 is 1.36 bits per heavy atom. The number of aryl methyl sites for hydroxylation is 2. The lowest BCUT2D eigenvalue weighted by molar-refractivity contribution is -0.122. The van der Waals surface area contributed by atoms with Gasteiger partial charge in [0.2, 0.25) is 5.91 Å². The van der Waals surface area contributed by atoms with Crippen LogP contribution in [0.25, 0.3) is 11.1 Å². The fourth-order valence-electron chi connectivity index (χ4n) is 3.84. The summed E-state index contributed by atoms with van der Waals surface area (Å²) in [6.07, 6.45) is 2.35. The topological polar surface area (TPSA) is 67.5 Å². The molecule has 0 saturated carbocycles. The Kier molecular flexibility index (Phi) is 5.64. The van der Waals surface area contributed by atoms with E-state index in [9.17, 15) is 9.59 Å². The Hall–Kier alpha value is -2.38. The number of oxazole rings is 1. The van der Waals surface area contributed by atoms with Gasteiger partial charge in [0.15, 0.2) is 5.58 Å². The average molecular weight is 400 g/mol. The highest BCUT2D eigenvalue weighted by Gasteiger charge is 2.22. The molecule has 1 N–H and O–H groups in total. The number of benzene rings is 1. The Morgan fingerprint density at radius 3 is 3.07 bits per heavy atom. The fraction of sp³-hybridized carbons (Fsp3) is 0.429. The first kappa shape index (κ1) is 19.0. The van der Waals surface area contributed by atoms with E-state index in [1.54, 1.807) is 22.0 Å². The van der Waals surface area contributed by atoms with Crippen molar-refractivity contribution in [2.24, 2.45) is 0 Å². The Bertz CT molecular complexity index is 1010. The standard InChI is InChI=1S/C21H25N3O3S/c1-15-6-7-19-18(12-15)24(21(26)27-19)10-8-20(25)22-16-4-2-9-23(13-16)14-17-5-3-11-28-17/h3,5-7,11-12,16H,2,4,8-10,13-14H2,1H3,(H,22,25). The normalized spacial score (nSPS) is 17.8. The molecule has 1 amide bonds. The van der Waals surface area contributed by atoms with Crippen LogP contribution in [0.5, 0.6) is 0 Å². The van der Waals surface area contributed by atoms with Crippen LogP contribution in [-0.4, -0.2) is 34.5 Å². The van der Waals surface area contributed by atoms with Crippen molar-refractivity contribution >= 4 is 28.3 Å².